The number of hydrogen-bond donors (Lipinski definition) is 1. The van der Waals surface area contributed by atoms with Crippen LogP contribution in [-0.4, -0.2) is 21.0 Å². The maximum atomic E-state index is 14.1. The number of carbonyl (C=O) groups excluding carboxylic acids is 1. The quantitative estimate of drug-likeness (QED) is 0.711. The fourth-order valence-electron chi connectivity index (χ4n) is 2.74. The number of aromatic nitrogens is 2. The molecule has 0 fully saturated rings. The summed E-state index contributed by atoms with van der Waals surface area (Å²) in [6.45, 7) is 0.343. The molecule has 3 aromatic rings. The number of nitrogen functional groups attached to an aromatic ring is 1. The molecule has 0 unspecified atom stereocenters. The van der Waals surface area contributed by atoms with Gasteiger partial charge in [-0.2, -0.15) is 0 Å². The molecular formula is C19H15FN4O3. The second kappa shape index (κ2) is 6.91. The summed E-state index contributed by atoms with van der Waals surface area (Å²) in [4.78, 5) is 21.7. The van der Waals surface area contributed by atoms with Gasteiger partial charge in [0.25, 0.3) is 0 Å². The Morgan fingerprint density at radius 2 is 2.00 bits per heavy atom. The molecule has 136 valence electrons. The van der Waals surface area contributed by atoms with E-state index in [9.17, 15) is 9.18 Å². The normalized spacial score (nSPS) is 13.1. The van der Waals surface area contributed by atoms with Crippen LogP contribution in [-0.2, 0) is 13.1 Å². The average Bonchev–Trinajstić information content (AvgIpc) is 2.67. The summed E-state index contributed by atoms with van der Waals surface area (Å²) in [6, 6.07) is 11.7. The van der Waals surface area contributed by atoms with E-state index < -0.39 is 11.9 Å². The molecule has 0 saturated heterocycles. The van der Waals surface area contributed by atoms with Crippen molar-refractivity contribution >= 4 is 11.8 Å². The van der Waals surface area contributed by atoms with Gasteiger partial charge in [-0.25, -0.2) is 19.2 Å². The second-order valence-electron chi connectivity index (χ2n) is 5.95. The van der Waals surface area contributed by atoms with E-state index in [2.05, 4.69) is 9.97 Å². The molecule has 0 aliphatic carbocycles. The van der Waals surface area contributed by atoms with E-state index in [1.165, 1.54) is 11.0 Å². The maximum absolute atomic E-state index is 14.1. The molecule has 0 saturated carbocycles. The Hall–Kier alpha value is -3.68. The Balaban J connectivity index is 1.52. The third kappa shape index (κ3) is 3.50. The first kappa shape index (κ1) is 16.8. The molecular weight excluding hydrogens is 351 g/mol. The summed E-state index contributed by atoms with van der Waals surface area (Å²) in [5.41, 5.74) is 6.74. The van der Waals surface area contributed by atoms with Crippen molar-refractivity contribution in [2.75, 3.05) is 5.73 Å². The second-order valence-corrected chi connectivity index (χ2v) is 5.95. The molecule has 1 aromatic heterocycles. The third-order valence-corrected chi connectivity index (χ3v) is 4.08. The summed E-state index contributed by atoms with van der Waals surface area (Å²) < 4.78 is 25.0. The number of fused-ring (bicyclic) bond motifs is 1. The number of ether oxygens (including phenoxy) is 2. The number of nitrogens with two attached hydrogens (primary N) is 1. The lowest BCUT2D eigenvalue weighted by molar-refractivity contribution is 0.134. The highest BCUT2D eigenvalue weighted by Crippen LogP contribution is 2.32. The predicted octanol–water partition coefficient (Wildman–Crippen LogP) is 3.50. The van der Waals surface area contributed by atoms with Gasteiger partial charge in [0, 0.05) is 29.6 Å². The molecule has 1 aliphatic rings. The van der Waals surface area contributed by atoms with Crippen LogP contribution in [0.5, 0.6) is 17.5 Å². The average molecular weight is 366 g/mol. The zero-order chi connectivity index (χ0) is 18.8. The van der Waals surface area contributed by atoms with Crippen molar-refractivity contribution in [3.05, 3.63) is 71.8 Å². The van der Waals surface area contributed by atoms with Gasteiger partial charge in [0.05, 0.1) is 18.8 Å². The topological polar surface area (TPSA) is 90.6 Å². The minimum absolute atomic E-state index is 0.0446. The van der Waals surface area contributed by atoms with E-state index in [1.807, 2.05) is 0 Å². The molecule has 8 heteroatoms. The van der Waals surface area contributed by atoms with Gasteiger partial charge in [-0.3, -0.25) is 4.90 Å². The Morgan fingerprint density at radius 3 is 2.81 bits per heavy atom. The van der Waals surface area contributed by atoms with Crippen molar-refractivity contribution in [3.8, 4) is 17.5 Å². The Morgan fingerprint density at radius 1 is 1.19 bits per heavy atom. The molecule has 7 nitrogen and oxygen atoms in total. The monoisotopic (exact) mass is 366 g/mol. The Labute approximate surface area is 154 Å². The van der Waals surface area contributed by atoms with Crippen molar-refractivity contribution < 1.29 is 18.7 Å². The van der Waals surface area contributed by atoms with Crippen LogP contribution in [0, 0.1) is 5.82 Å². The lowest BCUT2D eigenvalue weighted by Crippen LogP contribution is -2.36. The number of benzene rings is 2. The molecule has 1 aliphatic heterocycles. The molecule has 27 heavy (non-hydrogen) atoms. The molecule has 0 radical (unpaired) electrons. The lowest BCUT2D eigenvalue weighted by atomic mass is 10.1. The van der Waals surface area contributed by atoms with Crippen LogP contribution in [0.3, 0.4) is 0 Å². The van der Waals surface area contributed by atoms with Gasteiger partial charge in [0.15, 0.2) is 5.82 Å². The van der Waals surface area contributed by atoms with E-state index in [1.54, 1.807) is 48.8 Å². The zero-order valence-corrected chi connectivity index (χ0v) is 14.1. The fourth-order valence-corrected chi connectivity index (χ4v) is 2.74. The van der Waals surface area contributed by atoms with Gasteiger partial charge in [0.2, 0.25) is 0 Å². The van der Waals surface area contributed by atoms with Crippen LogP contribution in [0.2, 0.25) is 0 Å². The molecule has 1 amide bonds. The van der Waals surface area contributed by atoms with Crippen LogP contribution in [0.25, 0.3) is 0 Å². The van der Waals surface area contributed by atoms with Gasteiger partial charge in [0.1, 0.15) is 11.5 Å². The number of amides is 1. The van der Waals surface area contributed by atoms with Crippen molar-refractivity contribution in [2.24, 2.45) is 0 Å². The Bertz CT molecular complexity index is 997. The predicted molar refractivity (Wildman–Crippen MR) is 94.6 cm³/mol. The van der Waals surface area contributed by atoms with Crippen molar-refractivity contribution in [1.29, 1.82) is 0 Å². The molecule has 4 rings (SSSR count). The van der Waals surface area contributed by atoms with Crippen LogP contribution in [0.15, 0.2) is 54.9 Å². The zero-order valence-electron chi connectivity index (χ0n) is 14.1. The van der Waals surface area contributed by atoms with Crippen LogP contribution in [0.4, 0.5) is 14.9 Å². The fraction of sp³-hybridized carbons (Fsp3) is 0.105. The third-order valence-electron chi connectivity index (χ3n) is 4.08. The van der Waals surface area contributed by atoms with Crippen molar-refractivity contribution in [3.63, 3.8) is 0 Å². The van der Waals surface area contributed by atoms with E-state index in [0.717, 1.165) is 5.56 Å². The molecule has 2 aromatic carbocycles. The number of halogens is 1. The summed E-state index contributed by atoms with van der Waals surface area (Å²) >= 11 is 0. The Kier molecular flexibility index (Phi) is 4.29. The van der Waals surface area contributed by atoms with Gasteiger partial charge >= 0.3 is 12.1 Å². The summed E-state index contributed by atoms with van der Waals surface area (Å²) in [6.07, 6.45) is 2.56. The van der Waals surface area contributed by atoms with E-state index >= 15 is 0 Å². The largest absolute Gasteiger partial charge is 0.424 e. The lowest BCUT2D eigenvalue weighted by Gasteiger charge is -2.28. The van der Waals surface area contributed by atoms with Crippen LogP contribution < -0.4 is 15.2 Å². The number of hydrogen-bond acceptors (Lipinski definition) is 6. The van der Waals surface area contributed by atoms with E-state index in [4.69, 9.17) is 15.2 Å². The first-order valence-electron chi connectivity index (χ1n) is 8.17. The highest BCUT2D eigenvalue weighted by atomic mass is 19.1. The molecule has 0 bridgehead atoms. The maximum Gasteiger partial charge on any atom is 0.415 e. The highest BCUT2D eigenvalue weighted by Gasteiger charge is 2.26. The first-order chi connectivity index (χ1) is 13.1. The first-order valence-corrected chi connectivity index (χ1v) is 8.17. The van der Waals surface area contributed by atoms with Gasteiger partial charge in [-0.15, -0.1) is 0 Å². The minimum Gasteiger partial charge on any atom is -0.424 e. The van der Waals surface area contributed by atoms with Gasteiger partial charge in [-0.05, 0) is 24.3 Å². The van der Waals surface area contributed by atoms with E-state index in [0.29, 0.717) is 17.1 Å². The standard InChI is InChI=1S/C19H15FN4O3/c20-17-13(3-1-4-15(17)21)11-24-10-12-5-6-14(9-16(12)27-19(24)25)26-18-22-7-2-8-23-18/h1-9H,10-11,21H2. The molecule has 2 N–H and O–H groups in total. The summed E-state index contributed by atoms with van der Waals surface area (Å²) in [7, 11) is 0. The van der Waals surface area contributed by atoms with E-state index in [-0.39, 0.29) is 24.8 Å². The summed E-state index contributed by atoms with van der Waals surface area (Å²) in [5.74, 6) is 0.309. The number of rotatable bonds is 4. The van der Waals surface area contributed by atoms with Gasteiger partial charge in [-0.1, -0.05) is 12.1 Å². The molecule has 2 heterocycles. The van der Waals surface area contributed by atoms with Crippen molar-refractivity contribution in [1.82, 2.24) is 14.9 Å². The van der Waals surface area contributed by atoms with Crippen molar-refractivity contribution in [2.45, 2.75) is 13.1 Å². The minimum atomic E-state index is -0.572. The van der Waals surface area contributed by atoms with Crippen LogP contribution >= 0.6 is 0 Å². The number of carbonyl (C=O) groups is 1. The highest BCUT2D eigenvalue weighted by molar-refractivity contribution is 5.73. The molecule has 0 spiro atoms. The number of anilines is 1. The van der Waals surface area contributed by atoms with Gasteiger partial charge < -0.3 is 15.2 Å². The summed E-state index contributed by atoms with van der Waals surface area (Å²) in [5, 5.41) is 0. The van der Waals surface area contributed by atoms with Crippen LogP contribution in [0.1, 0.15) is 11.1 Å². The smallest absolute Gasteiger partial charge is 0.415 e. The number of nitrogens with zero attached hydrogens (tertiary/aromatic N) is 3. The SMILES string of the molecule is Nc1cccc(CN2Cc3ccc(Oc4ncccn4)cc3OC2=O)c1F. The molecule has 0 atom stereocenters.